The summed E-state index contributed by atoms with van der Waals surface area (Å²) >= 11 is 0. The number of nitrogens with zero attached hydrogens (tertiary/aromatic N) is 3. The molecule has 1 aromatic heterocycles. The summed E-state index contributed by atoms with van der Waals surface area (Å²) in [7, 11) is 0. The smallest absolute Gasteiger partial charge is 0.178 e. The lowest BCUT2D eigenvalue weighted by Crippen LogP contribution is -2.26. The van der Waals surface area contributed by atoms with E-state index in [9.17, 15) is 19.8 Å². The summed E-state index contributed by atoms with van der Waals surface area (Å²) in [6.45, 7) is 7.72. The van der Waals surface area contributed by atoms with Crippen molar-refractivity contribution in [3.05, 3.63) is 41.0 Å². The van der Waals surface area contributed by atoms with E-state index >= 15 is 0 Å². The van der Waals surface area contributed by atoms with Gasteiger partial charge < -0.3 is 10.2 Å². The zero-order valence-corrected chi connectivity index (χ0v) is 17.8. The summed E-state index contributed by atoms with van der Waals surface area (Å²) in [6.07, 6.45) is 5.67. The van der Waals surface area contributed by atoms with Crippen LogP contribution >= 0.6 is 0 Å². The predicted molar refractivity (Wildman–Crippen MR) is 116 cm³/mol. The number of allylic oxidation sites excluding steroid dienone is 4. The van der Waals surface area contributed by atoms with E-state index in [4.69, 9.17) is 0 Å². The van der Waals surface area contributed by atoms with Crippen LogP contribution in [-0.2, 0) is 9.59 Å². The summed E-state index contributed by atoms with van der Waals surface area (Å²) in [4.78, 5) is 37.4. The molecule has 0 unspecified atom stereocenters. The Morgan fingerprint density at radius 3 is 1.87 bits per heavy atom. The van der Waals surface area contributed by atoms with Crippen molar-refractivity contribution in [2.24, 2.45) is 20.8 Å². The van der Waals surface area contributed by atoms with Crippen LogP contribution in [0.2, 0.25) is 0 Å². The Labute approximate surface area is 176 Å². The molecule has 0 atom stereocenters. The van der Waals surface area contributed by atoms with Gasteiger partial charge in [-0.25, -0.2) is 9.98 Å². The van der Waals surface area contributed by atoms with Crippen LogP contribution in [0.25, 0.3) is 0 Å². The maximum atomic E-state index is 12.4. The van der Waals surface area contributed by atoms with E-state index in [1.54, 1.807) is 12.1 Å². The number of aliphatic hydroxyl groups is 2. The Morgan fingerprint density at radius 2 is 1.37 bits per heavy atom. The zero-order chi connectivity index (χ0) is 22.1. The van der Waals surface area contributed by atoms with Crippen molar-refractivity contribution in [3.8, 4) is 0 Å². The molecule has 158 valence electrons. The molecule has 2 aliphatic carbocycles. The number of ketones is 2. The fraction of sp³-hybridized carbons (Fsp3) is 0.435. The van der Waals surface area contributed by atoms with Gasteiger partial charge in [-0.05, 0) is 23.0 Å². The second-order valence-corrected chi connectivity index (χ2v) is 9.47. The van der Waals surface area contributed by atoms with Gasteiger partial charge in [0.2, 0.25) is 0 Å². The lowest BCUT2D eigenvalue weighted by Gasteiger charge is -2.28. The standard InChI is InChI=1S/C23H27N3O4/c1-22(2)8-17(27)14(18(28)9-22)12-25-16-6-5-7-24-21(16)26-13-15-19(29)10-23(3,4)11-20(15)30/h5-7,12-13,27,29H,8-11H2,1-4H3. The van der Waals surface area contributed by atoms with Crippen molar-refractivity contribution in [1.29, 1.82) is 0 Å². The normalized spacial score (nSPS) is 21.9. The predicted octanol–water partition coefficient (Wildman–Crippen LogP) is 4.89. The number of aliphatic hydroxyl groups excluding tert-OH is 2. The summed E-state index contributed by atoms with van der Waals surface area (Å²) in [5.74, 6) is -0.0350. The van der Waals surface area contributed by atoms with Crippen LogP contribution in [0.3, 0.4) is 0 Å². The number of rotatable bonds is 4. The summed E-state index contributed by atoms with van der Waals surface area (Å²) in [5.41, 5.74) is 0.197. The lowest BCUT2D eigenvalue weighted by molar-refractivity contribution is -0.118. The largest absolute Gasteiger partial charge is 0.511 e. The number of pyridine rings is 1. The number of aliphatic imine (C=N–C) groups is 2. The lowest BCUT2D eigenvalue weighted by atomic mass is 9.77. The van der Waals surface area contributed by atoms with Crippen molar-refractivity contribution in [2.45, 2.75) is 53.4 Å². The zero-order valence-electron chi connectivity index (χ0n) is 17.8. The molecule has 2 N–H and O–H groups in total. The molecule has 2 aliphatic rings. The number of aromatic nitrogens is 1. The van der Waals surface area contributed by atoms with E-state index in [1.807, 2.05) is 27.7 Å². The van der Waals surface area contributed by atoms with E-state index in [2.05, 4.69) is 15.0 Å². The van der Waals surface area contributed by atoms with Gasteiger partial charge in [0.15, 0.2) is 17.4 Å². The molecule has 0 radical (unpaired) electrons. The SMILES string of the molecule is CC1(C)CC(=O)C(C=Nc2cccnc2N=CC2=C(O)CC(C)(C)CC2=O)=C(O)C1. The van der Waals surface area contributed by atoms with E-state index in [0.717, 1.165) is 0 Å². The minimum Gasteiger partial charge on any atom is -0.511 e. The van der Waals surface area contributed by atoms with Crippen molar-refractivity contribution in [1.82, 2.24) is 4.98 Å². The Hall–Kier alpha value is -3.09. The molecule has 0 spiro atoms. The third-order valence-corrected chi connectivity index (χ3v) is 5.21. The summed E-state index contributed by atoms with van der Waals surface area (Å²) < 4.78 is 0. The van der Waals surface area contributed by atoms with Crippen LogP contribution < -0.4 is 0 Å². The van der Waals surface area contributed by atoms with Crippen molar-refractivity contribution >= 4 is 35.5 Å². The molecule has 0 aliphatic heterocycles. The number of hydrogen-bond acceptors (Lipinski definition) is 7. The minimum absolute atomic E-state index is 0.0199. The minimum atomic E-state index is -0.282. The van der Waals surface area contributed by atoms with Gasteiger partial charge >= 0.3 is 0 Å². The third-order valence-electron chi connectivity index (χ3n) is 5.21. The summed E-state index contributed by atoms with van der Waals surface area (Å²) in [5, 5.41) is 20.5. The molecule has 0 fully saturated rings. The van der Waals surface area contributed by atoms with Crippen molar-refractivity contribution in [3.63, 3.8) is 0 Å². The van der Waals surface area contributed by atoms with Gasteiger partial charge in [0.05, 0.1) is 11.1 Å². The van der Waals surface area contributed by atoms with E-state index in [1.165, 1.54) is 18.6 Å². The molecule has 0 saturated carbocycles. The maximum absolute atomic E-state index is 12.4. The van der Waals surface area contributed by atoms with Crippen molar-refractivity contribution in [2.75, 3.05) is 0 Å². The molecule has 7 nitrogen and oxygen atoms in total. The first-order chi connectivity index (χ1) is 14.0. The number of hydrogen-bond donors (Lipinski definition) is 2. The highest BCUT2D eigenvalue weighted by atomic mass is 16.3. The van der Waals surface area contributed by atoms with E-state index in [-0.39, 0.29) is 50.9 Å². The highest BCUT2D eigenvalue weighted by Gasteiger charge is 2.33. The average molecular weight is 409 g/mol. The van der Waals surface area contributed by atoms with Crippen LogP contribution in [0, 0.1) is 10.8 Å². The maximum Gasteiger partial charge on any atom is 0.178 e. The van der Waals surface area contributed by atoms with Gasteiger partial charge in [-0.2, -0.15) is 0 Å². The van der Waals surface area contributed by atoms with E-state index < -0.39 is 0 Å². The van der Waals surface area contributed by atoms with Gasteiger partial charge in [-0.3, -0.25) is 14.6 Å². The molecule has 0 amide bonds. The molecule has 0 bridgehead atoms. The van der Waals surface area contributed by atoms with Crippen LogP contribution in [0.4, 0.5) is 11.5 Å². The quantitative estimate of drug-likeness (QED) is 0.688. The first kappa shape index (κ1) is 21.6. The van der Waals surface area contributed by atoms with Crippen LogP contribution in [0.1, 0.15) is 53.4 Å². The van der Waals surface area contributed by atoms with Gasteiger partial charge in [0.25, 0.3) is 0 Å². The molecule has 3 rings (SSSR count). The van der Waals surface area contributed by atoms with Crippen LogP contribution in [0.5, 0.6) is 0 Å². The second-order valence-electron chi connectivity index (χ2n) is 9.47. The molecule has 0 aromatic carbocycles. The molecular weight excluding hydrogens is 382 g/mol. The molecule has 30 heavy (non-hydrogen) atoms. The molecule has 1 aromatic rings. The van der Waals surface area contributed by atoms with Crippen LogP contribution in [0.15, 0.2) is 51.0 Å². The molecule has 7 heteroatoms. The fourth-order valence-corrected chi connectivity index (χ4v) is 3.75. The Morgan fingerprint density at radius 1 is 0.867 bits per heavy atom. The topological polar surface area (TPSA) is 112 Å². The van der Waals surface area contributed by atoms with Crippen molar-refractivity contribution < 1.29 is 19.8 Å². The van der Waals surface area contributed by atoms with Gasteiger partial charge in [-0.1, -0.05) is 27.7 Å². The number of carbonyl (C=O) groups excluding carboxylic acids is 2. The monoisotopic (exact) mass is 409 g/mol. The first-order valence-corrected chi connectivity index (χ1v) is 9.91. The molecule has 0 saturated heterocycles. The first-order valence-electron chi connectivity index (χ1n) is 9.91. The Balaban J connectivity index is 1.87. The number of carbonyl (C=O) groups is 2. The Kier molecular flexibility index (Phi) is 5.74. The number of Topliss-reactive ketones (excluding diaryl/α,β-unsaturated/α-hetero) is 2. The average Bonchev–Trinajstić information content (AvgIpc) is 2.59. The molecular formula is C23H27N3O4. The highest BCUT2D eigenvalue weighted by molar-refractivity contribution is 6.16. The highest BCUT2D eigenvalue weighted by Crippen LogP contribution is 2.37. The summed E-state index contributed by atoms with van der Waals surface area (Å²) in [6, 6.07) is 3.35. The van der Waals surface area contributed by atoms with Crippen LogP contribution in [-0.4, -0.2) is 39.2 Å². The van der Waals surface area contributed by atoms with Gasteiger partial charge in [-0.15, -0.1) is 0 Å². The molecule has 1 heterocycles. The van der Waals surface area contributed by atoms with Gasteiger partial charge in [0.1, 0.15) is 17.2 Å². The van der Waals surface area contributed by atoms with Gasteiger partial charge in [0, 0.05) is 44.3 Å². The third kappa shape index (κ3) is 4.90. The Bertz CT molecular complexity index is 932. The fourth-order valence-electron chi connectivity index (χ4n) is 3.75. The second kappa shape index (κ2) is 7.97. The van der Waals surface area contributed by atoms with E-state index in [0.29, 0.717) is 31.4 Å².